The van der Waals surface area contributed by atoms with Crippen molar-refractivity contribution in [1.29, 1.82) is 0 Å². The molecule has 0 aliphatic carbocycles. The first-order valence-electron chi connectivity index (χ1n) is 7.72. The van der Waals surface area contributed by atoms with Crippen LogP contribution in [0.1, 0.15) is 32.8 Å². The van der Waals surface area contributed by atoms with Crippen molar-refractivity contribution in [3.05, 3.63) is 35.9 Å². The van der Waals surface area contributed by atoms with Gasteiger partial charge in [0.15, 0.2) is 0 Å². The lowest BCUT2D eigenvalue weighted by atomic mass is 9.90. The molecule has 0 spiro atoms. The van der Waals surface area contributed by atoms with Crippen LogP contribution in [0.25, 0.3) is 0 Å². The summed E-state index contributed by atoms with van der Waals surface area (Å²) in [4.78, 5) is 24.8. The zero-order chi connectivity index (χ0) is 17.1. The van der Waals surface area contributed by atoms with E-state index in [1.165, 1.54) is 4.90 Å². The van der Waals surface area contributed by atoms with Crippen molar-refractivity contribution in [2.75, 3.05) is 13.1 Å². The average Bonchev–Trinajstić information content (AvgIpc) is 2.81. The highest BCUT2D eigenvalue weighted by Crippen LogP contribution is 2.26. The van der Waals surface area contributed by atoms with Crippen molar-refractivity contribution in [2.24, 2.45) is 0 Å². The summed E-state index contributed by atoms with van der Waals surface area (Å²) < 4.78 is 5.34. The zero-order valence-electron chi connectivity index (χ0n) is 13.8. The summed E-state index contributed by atoms with van der Waals surface area (Å²) >= 11 is 0. The van der Waals surface area contributed by atoms with E-state index < -0.39 is 23.3 Å². The van der Waals surface area contributed by atoms with Crippen molar-refractivity contribution in [2.45, 2.75) is 44.8 Å². The van der Waals surface area contributed by atoms with Crippen LogP contribution in [-0.2, 0) is 11.2 Å². The molecule has 1 aromatic carbocycles. The molecular weight excluding hydrogens is 296 g/mol. The van der Waals surface area contributed by atoms with Gasteiger partial charge >= 0.3 is 12.2 Å². The number of rotatable bonds is 3. The predicted molar refractivity (Wildman–Crippen MR) is 86.5 cm³/mol. The molecular formula is C17H24N2O4. The lowest BCUT2D eigenvalue weighted by Crippen LogP contribution is -2.53. The van der Waals surface area contributed by atoms with Crippen LogP contribution in [0.15, 0.2) is 30.3 Å². The van der Waals surface area contributed by atoms with E-state index in [1.54, 1.807) is 20.8 Å². The second-order valence-electron chi connectivity index (χ2n) is 7.02. The van der Waals surface area contributed by atoms with E-state index in [1.807, 2.05) is 30.3 Å². The first-order chi connectivity index (χ1) is 10.7. The molecule has 1 saturated heterocycles. The largest absolute Gasteiger partial charge is 0.465 e. The van der Waals surface area contributed by atoms with Crippen molar-refractivity contribution in [3.63, 3.8) is 0 Å². The topological polar surface area (TPSA) is 78.9 Å². The first-order valence-corrected chi connectivity index (χ1v) is 7.72. The van der Waals surface area contributed by atoms with Crippen LogP contribution in [0.3, 0.4) is 0 Å². The molecule has 1 aromatic rings. The molecule has 6 nitrogen and oxygen atoms in total. The van der Waals surface area contributed by atoms with Crippen LogP contribution in [0.4, 0.5) is 9.59 Å². The summed E-state index contributed by atoms with van der Waals surface area (Å²) in [6, 6.07) is 9.74. The molecule has 6 heteroatoms. The van der Waals surface area contributed by atoms with Gasteiger partial charge in [-0.25, -0.2) is 9.59 Å². The standard InChI is InChI=1S/C17H24N2O4/c1-16(2,3)23-14(20)18-17(9-10-19(12-17)15(21)22)11-13-7-5-4-6-8-13/h4-8H,9-12H2,1-3H3,(H,18,20)(H,21,22). The van der Waals surface area contributed by atoms with E-state index >= 15 is 0 Å². The fraction of sp³-hybridized carbons (Fsp3) is 0.529. The Balaban J connectivity index is 2.15. The Morgan fingerprint density at radius 3 is 2.48 bits per heavy atom. The smallest absolute Gasteiger partial charge is 0.408 e. The highest BCUT2D eigenvalue weighted by atomic mass is 16.6. The lowest BCUT2D eigenvalue weighted by Gasteiger charge is -2.31. The van der Waals surface area contributed by atoms with E-state index in [2.05, 4.69) is 5.32 Å². The number of carboxylic acid groups (broad SMARTS) is 1. The number of carbonyl (C=O) groups excluding carboxylic acids is 1. The molecule has 1 atom stereocenters. The number of ether oxygens (including phenoxy) is 1. The number of carbonyl (C=O) groups is 2. The van der Waals surface area contributed by atoms with Crippen LogP contribution >= 0.6 is 0 Å². The number of hydrogen-bond donors (Lipinski definition) is 2. The Morgan fingerprint density at radius 1 is 1.30 bits per heavy atom. The SMILES string of the molecule is CC(C)(C)OC(=O)NC1(Cc2ccccc2)CCN(C(=O)O)C1. The van der Waals surface area contributed by atoms with Crippen molar-refractivity contribution in [1.82, 2.24) is 10.2 Å². The second kappa shape index (κ2) is 6.48. The number of hydrogen-bond acceptors (Lipinski definition) is 3. The second-order valence-corrected chi connectivity index (χ2v) is 7.02. The summed E-state index contributed by atoms with van der Waals surface area (Å²) in [6.45, 7) is 6.06. The fourth-order valence-corrected chi connectivity index (χ4v) is 2.83. The molecule has 0 saturated carbocycles. The van der Waals surface area contributed by atoms with Gasteiger partial charge in [-0.3, -0.25) is 0 Å². The van der Waals surface area contributed by atoms with Crippen molar-refractivity contribution in [3.8, 4) is 0 Å². The number of nitrogens with one attached hydrogen (secondary N) is 1. The number of nitrogens with zero attached hydrogens (tertiary/aromatic N) is 1. The molecule has 23 heavy (non-hydrogen) atoms. The third kappa shape index (κ3) is 4.87. The minimum atomic E-state index is -0.967. The number of alkyl carbamates (subject to hydrolysis) is 1. The Bertz CT molecular complexity index is 568. The molecule has 126 valence electrons. The molecule has 2 rings (SSSR count). The van der Waals surface area contributed by atoms with Gasteiger partial charge < -0.3 is 20.1 Å². The molecule has 1 aliphatic heterocycles. The van der Waals surface area contributed by atoms with Gasteiger partial charge in [0.1, 0.15) is 5.60 Å². The highest BCUT2D eigenvalue weighted by molar-refractivity contribution is 5.70. The Kier molecular flexibility index (Phi) is 4.82. The molecule has 2 N–H and O–H groups in total. The summed E-state index contributed by atoms with van der Waals surface area (Å²) in [5.41, 5.74) is -0.179. The van der Waals surface area contributed by atoms with E-state index in [9.17, 15) is 14.7 Å². The third-order valence-corrected chi connectivity index (χ3v) is 3.78. The van der Waals surface area contributed by atoms with E-state index in [0.717, 1.165) is 5.56 Å². The monoisotopic (exact) mass is 320 g/mol. The quantitative estimate of drug-likeness (QED) is 0.897. The van der Waals surface area contributed by atoms with E-state index in [4.69, 9.17) is 4.74 Å². The molecule has 0 aromatic heterocycles. The minimum absolute atomic E-state index is 0.260. The number of likely N-dealkylation sites (tertiary alicyclic amines) is 1. The lowest BCUT2D eigenvalue weighted by molar-refractivity contribution is 0.0455. The van der Waals surface area contributed by atoms with Crippen LogP contribution < -0.4 is 5.32 Å². The summed E-state index contributed by atoms with van der Waals surface area (Å²) in [5.74, 6) is 0. The summed E-state index contributed by atoms with van der Waals surface area (Å²) in [5, 5.41) is 12.1. The Hall–Kier alpha value is -2.24. The highest BCUT2D eigenvalue weighted by Gasteiger charge is 2.42. The molecule has 1 aliphatic rings. The summed E-state index contributed by atoms with van der Waals surface area (Å²) in [6.07, 6.45) is -0.351. The van der Waals surface area contributed by atoms with E-state index in [-0.39, 0.29) is 6.54 Å². The van der Waals surface area contributed by atoms with Crippen molar-refractivity contribution >= 4 is 12.2 Å². The molecule has 1 unspecified atom stereocenters. The Morgan fingerprint density at radius 2 is 1.96 bits per heavy atom. The maximum Gasteiger partial charge on any atom is 0.408 e. The fourth-order valence-electron chi connectivity index (χ4n) is 2.83. The molecule has 0 radical (unpaired) electrons. The molecule has 2 amide bonds. The van der Waals surface area contributed by atoms with Gasteiger partial charge in [-0.2, -0.15) is 0 Å². The molecule has 1 fully saturated rings. The number of amides is 2. The van der Waals surface area contributed by atoms with Crippen molar-refractivity contribution < 1.29 is 19.4 Å². The average molecular weight is 320 g/mol. The summed E-state index contributed by atoms with van der Waals surface area (Å²) in [7, 11) is 0. The minimum Gasteiger partial charge on any atom is -0.465 e. The maximum absolute atomic E-state index is 12.2. The Labute approximate surface area is 136 Å². The normalized spacial score (nSPS) is 21.1. The molecule has 0 bridgehead atoms. The van der Waals surface area contributed by atoms with Crippen LogP contribution in [0.2, 0.25) is 0 Å². The third-order valence-electron chi connectivity index (χ3n) is 3.78. The van der Waals surface area contributed by atoms with Gasteiger partial charge in [-0.15, -0.1) is 0 Å². The van der Waals surface area contributed by atoms with Gasteiger partial charge in [0.25, 0.3) is 0 Å². The van der Waals surface area contributed by atoms with E-state index in [0.29, 0.717) is 19.4 Å². The molecule has 1 heterocycles. The predicted octanol–water partition coefficient (Wildman–Crippen LogP) is 2.88. The van der Waals surface area contributed by atoms with Gasteiger partial charge in [0.2, 0.25) is 0 Å². The number of benzene rings is 1. The van der Waals surface area contributed by atoms with Crippen LogP contribution in [-0.4, -0.2) is 46.4 Å². The van der Waals surface area contributed by atoms with Gasteiger partial charge in [-0.05, 0) is 39.2 Å². The van der Waals surface area contributed by atoms with Crippen LogP contribution in [0.5, 0.6) is 0 Å². The first kappa shape index (κ1) is 17.1. The van der Waals surface area contributed by atoms with Gasteiger partial charge in [0, 0.05) is 13.1 Å². The van der Waals surface area contributed by atoms with Gasteiger partial charge in [0.05, 0.1) is 5.54 Å². The van der Waals surface area contributed by atoms with Gasteiger partial charge in [-0.1, -0.05) is 30.3 Å². The zero-order valence-corrected chi connectivity index (χ0v) is 13.8. The maximum atomic E-state index is 12.2. The van der Waals surface area contributed by atoms with Crippen LogP contribution in [0, 0.1) is 0 Å².